The zero-order valence-corrected chi connectivity index (χ0v) is 16.9. The minimum Gasteiger partial charge on any atom is -0.349 e. The molecule has 0 saturated heterocycles. The van der Waals surface area contributed by atoms with Crippen molar-refractivity contribution in [2.45, 2.75) is 38.3 Å². The van der Waals surface area contributed by atoms with Gasteiger partial charge in [0.25, 0.3) is 5.91 Å². The highest BCUT2D eigenvalue weighted by atomic mass is 32.2. The molecule has 2 bridgehead atoms. The molecule has 1 N–H and O–H groups in total. The van der Waals surface area contributed by atoms with E-state index in [0.29, 0.717) is 17.2 Å². The Labute approximate surface area is 166 Å². The number of carbonyl (C=O) groups is 1. The second-order valence-electron chi connectivity index (χ2n) is 8.06. The molecule has 2 saturated carbocycles. The van der Waals surface area contributed by atoms with Gasteiger partial charge < -0.3 is 5.32 Å². The molecule has 3 atom stereocenters. The molecular formula is C22H26N2O3S. The SMILES string of the molecule is CS(=O)(=O)N(Cc1ccccc1)c1ccc(C(=O)N[C@@H]2C[C@H]3CC[C@@H]2C3)cc1. The maximum absolute atomic E-state index is 12.6. The van der Waals surface area contributed by atoms with Crippen LogP contribution in [0.15, 0.2) is 54.6 Å². The number of sulfonamides is 1. The van der Waals surface area contributed by atoms with E-state index in [-0.39, 0.29) is 18.5 Å². The number of hydrogen-bond donors (Lipinski definition) is 1. The summed E-state index contributed by atoms with van der Waals surface area (Å²) < 4.78 is 26.0. The van der Waals surface area contributed by atoms with E-state index >= 15 is 0 Å². The Kier molecular flexibility index (Phi) is 5.15. The molecule has 6 heteroatoms. The van der Waals surface area contributed by atoms with Crippen LogP contribution in [-0.4, -0.2) is 26.6 Å². The van der Waals surface area contributed by atoms with E-state index in [9.17, 15) is 13.2 Å². The lowest BCUT2D eigenvalue weighted by Gasteiger charge is -2.24. The van der Waals surface area contributed by atoms with Crippen LogP contribution in [0, 0.1) is 11.8 Å². The Morgan fingerprint density at radius 1 is 1.04 bits per heavy atom. The van der Waals surface area contributed by atoms with Gasteiger partial charge in [-0.15, -0.1) is 0 Å². The van der Waals surface area contributed by atoms with Crippen molar-refractivity contribution >= 4 is 21.6 Å². The first kappa shape index (κ1) is 19.0. The molecule has 2 aromatic carbocycles. The van der Waals surface area contributed by atoms with Crippen LogP contribution in [0.2, 0.25) is 0 Å². The van der Waals surface area contributed by atoms with Gasteiger partial charge in [0, 0.05) is 11.6 Å². The van der Waals surface area contributed by atoms with Gasteiger partial charge in [0.05, 0.1) is 18.5 Å². The zero-order chi connectivity index (χ0) is 19.7. The molecule has 0 radical (unpaired) electrons. The van der Waals surface area contributed by atoms with Crippen LogP contribution in [0.5, 0.6) is 0 Å². The first-order chi connectivity index (χ1) is 13.4. The van der Waals surface area contributed by atoms with E-state index in [1.807, 2.05) is 30.3 Å². The number of carbonyl (C=O) groups excluding carboxylic acids is 1. The predicted molar refractivity (Wildman–Crippen MR) is 111 cm³/mol. The molecule has 148 valence electrons. The van der Waals surface area contributed by atoms with E-state index in [1.165, 1.54) is 29.8 Å². The number of benzene rings is 2. The molecule has 2 aliphatic carbocycles. The minimum atomic E-state index is -3.44. The van der Waals surface area contributed by atoms with Crippen LogP contribution in [0.1, 0.15) is 41.6 Å². The molecular weight excluding hydrogens is 372 g/mol. The second-order valence-corrected chi connectivity index (χ2v) is 9.96. The molecule has 4 rings (SSSR count). The molecule has 0 aliphatic heterocycles. The number of hydrogen-bond acceptors (Lipinski definition) is 3. The summed E-state index contributed by atoms with van der Waals surface area (Å²) in [5.41, 5.74) is 2.04. The summed E-state index contributed by atoms with van der Waals surface area (Å²) in [6, 6.07) is 16.6. The van der Waals surface area contributed by atoms with E-state index in [1.54, 1.807) is 24.3 Å². The van der Waals surface area contributed by atoms with Gasteiger partial charge in [0.1, 0.15) is 0 Å². The number of amides is 1. The predicted octanol–water partition coefficient (Wildman–Crippen LogP) is 3.57. The highest BCUT2D eigenvalue weighted by molar-refractivity contribution is 7.92. The summed E-state index contributed by atoms with van der Waals surface area (Å²) in [7, 11) is -3.44. The summed E-state index contributed by atoms with van der Waals surface area (Å²) >= 11 is 0. The van der Waals surface area contributed by atoms with E-state index in [2.05, 4.69) is 5.32 Å². The van der Waals surface area contributed by atoms with Gasteiger partial charge in [0.15, 0.2) is 0 Å². The van der Waals surface area contributed by atoms with Gasteiger partial charge in [-0.3, -0.25) is 9.10 Å². The quantitative estimate of drug-likeness (QED) is 0.809. The van der Waals surface area contributed by atoms with Crippen LogP contribution in [-0.2, 0) is 16.6 Å². The van der Waals surface area contributed by atoms with Gasteiger partial charge in [-0.2, -0.15) is 0 Å². The molecule has 2 aromatic rings. The highest BCUT2D eigenvalue weighted by Crippen LogP contribution is 2.44. The third-order valence-electron chi connectivity index (χ3n) is 6.04. The van der Waals surface area contributed by atoms with Crippen LogP contribution < -0.4 is 9.62 Å². The van der Waals surface area contributed by atoms with Gasteiger partial charge in [-0.25, -0.2) is 8.42 Å². The third kappa shape index (κ3) is 4.07. The molecule has 28 heavy (non-hydrogen) atoms. The highest BCUT2D eigenvalue weighted by Gasteiger charge is 2.40. The van der Waals surface area contributed by atoms with Crippen LogP contribution >= 0.6 is 0 Å². The van der Waals surface area contributed by atoms with Crippen molar-refractivity contribution in [2.24, 2.45) is 11.8 Å². The maximum Gasteiger partial charge on any atom is 0.251 e. The largest absolute Gasteiger partial charge is 0.349 e. The van der Waals surface area contributed by atoms with Crippen molar-refractivity contribution in [2.75, 3.05) is 10.6 Å². The molecule has 0 aromatic heterocycles. The van der Waals surface area contributed by atoms with Crippen molar-refractivity contribution in [1.29, 1.82) is 0 Å². The average Bonchev–Trinajstić information content (AvgIpc) is 3.29. The molecule has 2 fully saturated rings. The van der Waals surface area contributed by atoms with E-state index < -0.39 is 10.0 Å². The standard InChI is InChI=1S/C22H26N2O3S/c1-28(26,27)24(15-16-5-3-2-4-6-16)20-11-9-18(10-12-20)22(25)23-21-14-17-7-8-19(21)13-17/h2-6,9-12,17,19,21H,7-8,13-15H2,1H3,(H,23,25)/t17-,19+,21+/m0/s1. The van der Waals surface area contributed by atoms with Crippen LogP contribution in [0.3, 0.4) is 0 Å². The van der Waals surface area contributed by atoms with Gasteiger partial charge >= 0.3 is 0 Å². The Hall–Kier alpha value is -2.34. The Morgan fingerprint density at radius 2 is 1.75 bits per heavy atom. The van der Waals surface area contributed by atoms with Crippen molar-refractivity contribution in [3.63, 3.8) is 0 Å². The summed E-state index contributed by atoms with van der Waals surface area (Å²) in [6.45, 7) is 0.260. The Morgan fingerprint density at radius 3 is 2.32 bits per heavy atom. The fourth-order valence-electron chi connectivity index (χ4n) is 4.60. The summed E-state index contributed by atoms with van der Waals surface area (Å²) in [4.78, 5) is 12.6. The minimum absolute atomic E-state index is 0.0712. The number of anilines is 1. The maximum atomic E-state index is 12.6. The normalized spacial score (nSPS) is 23.5. The number of fused-ring (bicyclic) bond motifs is 2. The molecule has 0 heterocycles. The van der Waals surface area contributed by atoms with Crippen LogP contribution in [0.4, 0.5) is 5.69 Å². The van der Waals surface area contributed by atoms with Gasteiger partial charge in [-0.1, -0.05) is 36.8 Å². The zero-order valence-electron chi connectivity index (χ0n) is 16.0. The molecule has 5 nitrogen and oxygen atoms in total. The smallest absolute Gasteiger partial charge is 0.251 e. The van der Waals surface area contributed by atoms with Crippen molar-refractivity contribution in [3.05, 3.63) is 65.7 Å². The molecule has 0 unspecified atom stereocenters. The number of nitrogens with zero attached hydrogens (tertiary/aromatic N) is 1. The van der Waals surface area contributed by atoms with E-state index in [0.717, 1.165) is 17.9 Å². The topological polar surface area (TPSA) is 66.5 Å². The lowest BCUT2D eigenvalue weighted by atomic mass is 9.95. The average molecular weight is 399 g/mol. The molecule has 0 spiro atoms. The Bertz CT molecular complexity index is 942. The fourth-order valence-corrected chi connectivity index (χ4v) is 5.49. The number of nitrogens with one attached hydrogen (secondary N) is 1. The first-order valence-corrected chi connectivity index (χ1v) is 11.7. The van der Waals surface area contributed by atoms with Gasteiger partial charge in [-0.05, 0) is 60.9 Å². The number of rotatable bonds is 6. The van der Waals surface area contributed by atoms with E-state index in [4.69, 9.17) is 0 Å². The van der Waals surface area contributed by atoms with Crippen molar-refractivity contribution in [1.82, 2.24) is 5.32 Å². The lowest BCUT2D eigenvalue weighted by Crippen LogP contribution is -2.38. The summed E-state index contributed by atoms with van der Waals surface area (Å²) in [5, 5.41) is 3.17. The second kappa shape index (κ2) is 7.59. The fraction of sp³-hybridized carbons (Fsp3) is 0.409. The molecule has 2 aliphatic rings. The van der Waals surface area contributed by atoms with Crippen molar-refractivity contribution < 1.29 is 13.2 Å². The lowest BCUT2D eigenvalue weighted by molar-refractivity contribution is 0.0923. The monoisotopic (exact) mass is 398 g/mol. The first-order valence-electron chi connectivity index (χ1n) is 9.83. The molecule has 1 amide bonds. The van der Waals surface area contributed by atoms with Crippen LogP contribution in [0.25, 0.3) is 0 Å². The van der Waals surface area contributed by atoms with Crippen molar-refractivity contribution in [3.8, 4) is 0 Å². The van der Waals surface area contributed by atoms with Gasteiger partial charge in [0.2, 0.25) is 10.0 Å². The Balaban J connectivity index is 1.48. The summed E-state index contributed by atoms with van der Waals surface area (Å²) in [6.07, 6.45) is 6.05. The summed E-state index contributed by atoms with van der Waals surface area (Å²) in [5.74, 6) is 1.33. The third-order valence-corrected chi connectivity index (χ3v) is 7.18.